The number of oxazole rings is 1. The zero-order valence-corrected chi connectivity index (χ0v) is 14.8. The lowest BCUT2D eigenvalue weighted by Crippen LogP contribution is -2.50. The number of carbonyl (C=O) groups is 2. The molecule has 4 rings (SSSR count). The van der Waals surface area contributed by atoms with E-state index in [1.807, 2.05) is 42.5 Å². The van der Waals surface area contributed by atoms with E-state index in [1.165, 1.54) is 0 Å². The Bertz CT molecular complexity index is 965. The molecule has 2 aromatic carbocycles. The molecule has 1 aromatic heterocycles. The maximum atomic E-state index is 12.9. The molecule has 27 heavy (non-hydrogen) atoms. The van der Waals surface area contributed by atoms with Crippen molar-refractivity contribution in [3.8, 4) is 5.75 Å². The lowest BCUT2D eigenvalue weighted by molar-refractivity contribution is -0.127. The fourth-order valence-electron chi connectivity index (χ4n) is 3.14. The van der Waals surface area contributed by atoms with Gasteiger partial charge in [0.05, 0.1) is 12.2 Å². The minimum Gasteiger partial charge on any atom is -0.477 e. The lowest BCUT2D eigenvalue weighted by Gasteiger charge is -2.34. The van der Waals surface area contributed by atoms with Gasteiger partial charge < -0.3 is 19.4 Å². The van der Waals surface area contributed by atoms with Crippen LogP contribution in [0.1, 0.15) is 12.3 Å². The van der Waals surface area contributed by atoms with Crippen molar-refractivity contribution >= 4 is 28.6 Å². The summed E-state index contributed by atoms with van der Waals surface area (Å²) < 4.78 is 11.4. The van der Waals surface area contributed by atoms with E-state index in [-0.39, 0.29) is 24.8 Å². The number of hydrogen-bond acceptors (Lipinski definition) is 5. The Kier molecular flexibility index (Phi) is 4.50. The molecular formula is C20H19N3O4. The number of aryl methyl sites for hydroxylation is 1. The van der Waals surface area contributed by atoms with Crippen LogP contribution in [0.15, 0.2) is 52.9 Å². The van der Waals surface area contributed by atoms with Gasteiger partial charge in [0.2, 0.25) is 5.91 Å². The average Bonchev–Trinajstić information content (AvgIpc) is 3.13. The van der Waals surface area contributed by atoms with E-state index in [0.717, 1.165) is 5.52 Å². The summed E-state index contributed by atoms with van der Waals surface area (Å²) in [7, 11) is 1.55. The first-order valence-corrected chi connectivity index (χ1v) is 8.78. The predicted octanol–water partition coefficient (Wildman–Crippen LogP) is 2.30. The third kappa shape index (κ3) is 3.36. The van der Waals surface area contributed by atoms with Gasteiger partial charge in [-0.2, -0.15) is 0 Å². The molecule has 0 spiro atoms. The summed E-state index contributed by atoms with van der Waals surface area (Å²) in [6, 6.07) is 14.7. The van der Waals surface area contributed by atoms with Crippen LogP contribution in [0.4, 0.5) is 5.69 Å². The van der Waals surface area contributed by atoms with Crippen LogP contribution in [0, 0.1) is 0 Å². The summed E-state index contributed by atoms with van der Waals surface area (Å²) in [5.41, 5.74) is 2.15. The van der Waals surface area contributed by atoms with Crippen LogP contribution in [-0.2, 0) is 16.0 Å². The summed E-state index contributed by atoms with van der Waals surface area (Å²) in [4.78, 5) is 30.9. The van der Waals surface area contributed by atoms with Gasteiger partial charge in [0.25, 0.3) is 5.91 Å². The maximum absolute atomic E-state index is 12.9. The standard InChI is InChI=1S/C20H19N3O4/c1-21-20(25)17-12-23(14-7-3-5-9-16(14)26-17)19(24)11-10-18-22-13-6-2-4-8-15(13)27-18/h2-9,17H,10-12H2,1H3,(H,21,25)/t17-/m0/s1. The number of hydrogen-bond donors (Lipinski definition) is 1. The highest BCUT2D eigenvalue weighted by Gasteiger charge is 2.33. The Morgan fingerprint density at radius 1 is 1.19 bits per heavy atom. The van der Waals surface area contributed by atoms with Crippen LogP contribution in [0.3, 0.4) is 0 Å². The molecule has 1 N–H and O–H groups in total. The third-order valence-electron chi connectivity index (χ3n) is 4.50. The van der Waals surface area contributed by atoms with E-state index in [0.29, 0.717) is 29.3 Å². The molecule has 0 unspecified atom stereocenters. The van der Waals surface area contributed by atoms with Gasteiger partial charge in [-0.05, 0) is 24.3 Å². The molecule has 138 valence electrons. The van der Waals surface area contributed by atoms with Gasteiger partial charge in [-0.25, -0.2) is 4.98 Å². The molecular weight excluding hydrogens is 346 g/mol. The third-order valence-corrected chi connectivity index (χ3v) is 4.50. The van der Waals surface area contributed by atoms with Crippen LogP contribution in [0.25, 0.3) is 11.1 Å². The SMILES string of the molecule is CNC(=O)[C@@H]1CN(C(=O)CCc2nc3ccccc3o2)c2ccccc2O1. The Hall–Kier alpha value is -3.35. The second-order valence-corrected chi connectivity index (χ2v) is 6.27. The van der Waals surface area contributed by atoms with Crippen molar-refractivity contribution in [2.75, 3.05) is 18.5 Å². The van der Waals surface area contributed by atoms with Gasteiger partial charge in [0.15, 0.2) is 17.6 Å². The zero-order chi connectivity index (χ0) is 18.8. The first-order valence-electron chi connectivity index (χ1n) is 8.78. The molecule has 0 radical (unpaired) electrons. The molecule has 0 bridgehead atoms. The van der Waals surface area contributed by atoms with E-state index in [2.05, 4.69) is 10.3 Å². The summed E-state index contributed by atoms with van der Waals surface area (Å²) in [6.45, 7) is 0.170. The fourth-order valence-corrected chi connectivity index (χ4v) is 3.14. The van der Waals surface area contributed by atoms with Crippen molar-refractivity contribution in [1.82, 2.24) is 10.3 Å². The number of ether oxygens (including phenoxy) is 1. The normalized spacial score (nSPS) is 15.9. The molecule has 0 saturated heterocycles. The van der Waals surface area contributed by atoms with E-state index < -0.39 is 6.10 Å². The monoisotopic (exact) mass is 365 g/mol. The Morgan fingerprint density at radius 2 is 1.96 bits per heavy atom. The quantitative estimate of drug-likeness (QED) is 0.767. The van der Waals surface area contributed by atoms with Gasteiger partial charge in [-0.3, -0.25) is 9.59 Å². The van der Waals surface area contributed by atoms with Gasteiger partial charge in [-0.15, -0.1) is 0 Å². The Balaban J connectivity index is 1.52. The number of fused-ring (bicyclic) bond motifs is 2. The molecule has 2 amide bonds. The summed E-state index contributed by atoms with van der Waals surface area (Å²) >= 11 is 0. The highest BCUT2D eigenvalue weighted by atomic mass is 16.5. The highest BCUT2D eigenvalue weighted by molar-refractivity contribution is 5.97. The van der Waals surface area contributed by atoms with Gasteiger partial charge in [0, 0.05) is 19.9 Å². The molecule has 7 heteroatoms. The van der Waals surface area contributed by atoms with Crippen molar-refractivity contribution in [3.63, 3.8) is 0 Å². The number of nitrogens with one attached hydrogen (secondary N) is 1. The molecule has 0 fully saturated rings. The largest absolute Gasteiger partial charge is 0.477 e. The number of amides is 2. The number of nitrogens with zero attached hydrogens (tertiary/aromatic N) is 2. The molecule has 2 heterocycles. The van der Waals surface area contributed by atoms with Crippen molar-refractivity contribution in [1.29, 1.82) is 0 Å². The second-order valence-electron chi connectivity index (χ2n) is 6.27. The zero-order valence-electron chi connectivity index (χ0n) is 14.8. The minimum atomic E-state index is -0.738. The van der Waals surface area contributed by atoms with Crippen LogP contribution >= 0.6 is 0 Å². The molecule has 0 aliphatic carbocycles. The fraction of sp³-hybridized carbons (Fsp3) is 0.250. The number of likely N-dealkylation sites (N-methyl/N-ethyl adjacent to an activating group) is 1. The Labute approximate surface area is 155 Å². The molecule has 0 saturated carbocycles. The molecule has 1 aliphatic heterocycles. The topological polar surface area (TPSA) is 84.7 Å². The van der Waals surface area contributed by atoms with Crippen molar-refractivity contribution in [3.05, 3.63) is 54.4 Å². The van der Waals surface area contributed by atoms with E-state index in [1.54, 1.807) is 18.0 Å². The van der Waals surface area contributed by atoms with Crippen molar-refractivity contribution in [2.45, 2.75) is 18.9 Å². The molecule has 1 atom stereocenters. The predicted molar refractivity (Wildman–Crippen MR) is 99.6 cm³/mol. The summed E-state index contributed by atoms with van der Waals surface area (Å²) in [5, 5.41) is 2.57. The average molecular weight is 365 g/mol. The van der Waals surface area contributed by atoms with E-state index >= 15 is 0 Å². The van der Waals surface area contributed by atoms with Gasteiger partial charge >= 0.3 is 0 Å². The summed E-state index contributed by atoms with van der Waals surface area (Å²) in [5.74, 6) is 0.671. The van der Waals surface area contributed by atoms with Crippen LogP contribution in [0.5, 0.6) is 5.75 Å². The summed E-state index contributed by atoms with van der Waals surface area (Å²) in [6.07, 6.45) is -0.127. The Morgan fingerprint density at radius 3 is 2.78 bits per heavy atom. The van der Waals surface area contributed by atoms with Crippen molar-refractivity contribution < 1.29 is 18.7 Å². The van der Waals surface area contributed by atoms with Gasteiger partial charge in [0.1, 0.15) is 11.3 Å². The first-order chi connectivity index (χ1) is 13.2. The minimum absolute atomic E-state index is 0.109. The maximum Gasteiger partial charge on any atom is 0.262 e. The van der Waals surface area contributed by atoms with Crippen LogP contribution < -0.4 is 15.0 Å². The number of aromatic nitrogens is 1. The van der Waals surface area contributed by atoms with E-state index in [9.17, 15) is 9.59 Å². The number of para-hydroxylation sites is 4. The molecule has 7 nitrogen and oxygen atoms in total. The highest BCUT2D eigenvalue weighted by Crippen LogP contribution is 2.33. The van der Waals surface area contributed by atoms with Crippen molar-refractivity contribution in [2.24, 2.45) is 0 Å². The van der Waals surface area contributed by atoms with Crippen LogP contribution in [-0.4, -0.2) is 36.5 Å². The lowest BCUT2D eigenvalue weighted by atomic mass is 10.1. The van der Waals surface area contributed by atoms with Gasteiger partial charge in [-0.1, -0.05) is 24.3 Å². The number of carbonyl (C=O) groups excluding carboxylic acids is 2. The second kappa shape index (κ2) is 7.11. The first kappa shape index (κ1) is 17.1. The van der Waals surface area contributed by atoms with E-state index in [4.69, 9.17) is 9.15 Å². The number of anilines is 1. The smallest absolute Gasteiger partial charge is 0.262 e. The number of benzene rings is 2. The molecule has 1 aliphatic rings. The van der Waals surface area contributed by atoms with Crippen LogP contribution in [0.2, 0.25) is 0 Å². The number of rotatable bonds is 4. The molecule has 3 aromatic rings.